The Morgan fingerprint density at radius 1 is 1.00 bits per heavy atom. The summed E-state index contributed by atoms with van der Waals surface area (Å²) in [6, 6.07) is 19.2. The van der Waals surface area contributed by atoms with E-state index in [9.17, 15) is 9.59 Å². The molecule has 0 spiro atoms. The van der Waals surface area contributed by atoms with Crippen molar-refractivity contribution in [2.45, 2.75) is 6.92 Å². The molecule has 3 rings (SSSR count). The SMILES string of the molecule is Cc1cc(=O)c(C(=O)Oc2ccccc2)nn1-c1ccccc1. The van der Waals surface area contributed by atoms with Crippen LogP contribution in [0.1, 0.15) is 16.2 Å². The average Bonchev–Trinajstić information content (AvgIpc) is 2.56. The van der Waals surface area contributed by atoms with Crippen LogP contribution < -0.4 is 10.2 Å². The quantitative estimate of drug-likeness (QED) is 0.551. The van der Waals surface area contributed by atoms with Gasteiger partial charge in [-0.25, -0.2) is 9.48 Å². The number of carbonyl (C=O) groups is 1. The number of carbonyl (C=O) groups excluding carboxylic acids is 1. The van der Waals surface area contributed by atoms with Crippen LogP contribution in [0.4, 0.5) is 0 Å². The molecule has 0 amide bonds. The normalized spacial score (nSPS) is 10.3. The Bertz CT molecular complexity index is 887. The number of para-hydroxylation sites is 2. The van der Waals surface area contributed by atoms with Gasteiger partial charge < -0.3 is 4.74 Å². The number of esters is 1. The van der Waals surface area contributed by atoms with E-state index >= 15 is 0 Å². The molecule has 5 heteroatoms. The van der Waals surface area contributed by atoms with Crippen LogP contribution in [0.2, 0.25) is 0 Å². The van der Waals surface area contributed by atoms with E-state index in [-0.39, 0.29) is 5.69 Å². The zero-order valence-electron chi connectivity index (χ0n) is 12.5. The van der Waals surface area contributed by atoms with Gasteiger partial charge in [0.15, 0.2) is 0 Å². The molecule has 0 saturated heterocycles. The maximum Gasteiger partial charge on any atom is 0.368 e. The number of nitrogens with zero attached hydrogens (tertiary/aromatic N) is 2. The molecule has 0 N–H and O–H groups in total. The van der Waals surface area contributed by atoms with Gasteiger partial charge in [0.1, 0.15) is 5.75 Å². The Labute approximate surface area is 132 Å². The summed E-state index contributed by atoms with van der Waals surface area (Å²) < 4.78 is 6.74. The lowest BCUT2D eigenvalue weighted by Gasteiger charge is -2.10. The van der Waals surface area contributed by atoms with E-state index in [1.807, 2.05) is 36.4 Å². The molecule has 0 aliphatic heterocycles. The molecule has 0 atom stereocenters. The fourth-order valence-electron chi connectivity index (χ4n) is 2.16. The predicted octanol–water partition coefficient (Wildman–Crippen LogP) is 2.76. The number of aromatic nitrogens is 2. The lowest BCUT2D eigenvalue weighted by molar-refractivity contribution is 0.0725. The molecular weight excluding hydrogens is 292 g/mol. The molecule has 0 saturated carbocycles. The van der Waals surface area contributed by atoms with Gasteiger partial charge in [0, 0.05) is 11.8 Å². The summed E-state index contributed by atoms with van der Waals surface area (Å²) in [5.41, 5.74) is 0.690. The van der Waals surface area contributed by atoms with Gasteiger partial charge in [0.2, 0.25) is 11.1 Å². The Balaban J connectivity index is 2.00. The molecule has 1 aromatic heterocycles. The lowest BCUT2D eigenvalue weighted by atomic mass is 10.3. The highest BCUT2D eigenvalue weighted by Gasteiger charge is 2.17. The third-order valence-corrected chi connectivity index (χ3v) is 3.26. The van der Waals surface area contributed by atoms with Gasteiger partial charge in [-0.15, -0.1) is 0 Å². The lowest BCUT2D eigenvalue weighted by Crippen LogP contribution is -2.25. The minimum absolute atomic E-state index is 0.247. The van der Waals surface area contributed by atoms with E-state index in [1.54, 1.807) is 35.9 Å². The standard InChI is InChI=1S/C18H14N2O3/c1-13-12-16(21)17(18(22)23-15-10-6-3-7-11-15)19-20(13)14-8-4-2-5-9-14/h2-12H,1H3. The highest BCUT2D eigenvalue weighted by molar-refractivity contribution is 5.88. The van der Waals surface area contributed by atoms with Crippen molar-refractivity contribution in [2.24, 2.45) is 0 Å². The summed E-state index contributed by atoms with van der Waals surface area (Å²) in [6.45, 7) is 1.76. The summed E-state index contributed by atoms with van der Waals surface area (Å²) in [4.78, 5) is 24.3. The van der Waals surface area contributed by atoms with Crippen molar-refractivity contribution in [3.05, 3.63) is 88.3 Å². The van der Waals surface area contributed by atoms with Gasteiger partial charge in [-0.1, -0.05) is 36.4 Å². The third kappa shape index (κ3) is 3.18. The second-order valence-corrected chi connectivity index (χ2v) is 4.95. The molecule has 0 aliphatic carbocycles. The number of benzene rings is 2. The maximum absolute atomic E-state index is 12.2. The van der Waals surface area contributed by atoms with Crippen LogP contribution in [-0.4, -0.2) is 15.7 Å². The van der Waals surface area contributed by atoms with Crippen LogP contribution >= 0.6 is 0 Å². The first-order valence-electron chi connectivity index (χ1n) is 7.09. The van der Waals surface area contributed by atoms with Crippen molar-refractivity contribution in [1.82, 2.24) is 9.78 Å². The van der Waals surface area contributed by atoms with Crippen LogP contribution in [0.5, 0.6) is 5.75 Å². The third-order valence-electron chi connectivity index (χ3n) is 3.26. The molecule has 5 nitrogen and oxygen atoms in total. The van der Waals surface area contributed by atoms with Crippen LogP contribution in [-0.2, 0) is 0 Å². The van der Waals surface area contributed by atoms with E-state index in [2.05, 4.69) is 5.10 Å². The van der Waals surface area contributed by atoms with Crippen LogP contribution in [0.3, 0.4) is 0 Å². The Morgan fingerprint density at radius 2 is 1.61 bits per heavy atom. The number of hydrogen-bond donors (Lipinski definition) is 0. The van der Waals surface area contributed by atoms with Gasteiger partial charge in [-0.2, -0.15) is 5.10 Å². The van der Waals surface area contributed by atoms with Gasteiger partial charge >= 0.3 is 5.97 Å². The molecule has 0 bridgehead atoms. The van der Waals surface area contributed by atoms with E-state index in [4.69, 9.17) is 4.74 Å². The summed E-state index contributed by atoms with van der Waals surface area (Å²) in [5.74, 6) is -0.406. The highest BCUT2D eigenvalue weighted by Crippen LogP contribution is 2.11. The molecule has 0 radical (unpaired) electrons. The fraction of sp³-hybridized carbons (Fsp3) is 0.0556. The van der Waals surface area contributed by atoms with Crippen LogP contribution in [0, 0.1) is 6.92 Å². The van der Waals surface area contributed by atoms with Crippen molar-refractivity contribution in [1.29, 1.82) is 0 Å². The molecule has 23 heavy (non-hydrogen) atoms. The van der Waals surface area contributed by atoms with Gasteiger partial charge in [-0.3, -0.25) is 4.79 Å². The monoisotopic (exact) mass is 306 g/mol. The first-order valence-corrected chi connectivity index (χ1v) is 7.09. The Morgan fingerprint density at radius 3 is 2.26 bits per heavy atom. The van der Waals surface area contributed by atoms with Gasteiger partial charge in [-0.05, 0) is 31.2 Å². The van der Waals surface area contributed by atoms with Crippen molar-refractivity contribution in [2.75, 3.05) is 0 Å². The first-order chi connectivity index (χ1) is 11.1. The van der Waals surface area contributed by atoms with Crippen LogP contribution in [0.25, 0.3) is 5.69 Å². The van der Waals surface area contributed by atoms with Crippen molar-refractivity contribution in [3.8, 4) is 11.4 Å². The van der Waals surface area contributed by atoms with Crippen LogP contribution in [0.15, 0.2) is 71.5 Å². The molecule has 114 valence electrons. The molecule has 3 aromatic rings. The number of rotatable bonds is 3. The van der Waals surface area contributed by atoms with Gasteiger partial charge in [0.25, 0.3) is 0 Å². The smallest absolute Gasteiger partial charge is 0.368 e. The van der Waals surface area contributed by atoms with Crippen molar-refractivity contribution in [3.63, 3.8) is 0 Å². The molecule has 0 aliphatic rings. The second kappa shape index (κ2) is 6.27. The number of aryl methyl sites for hydroxylation is 1. The van der Waals surface area contributed by atoms with E-state index in [1.165, 1.54) is 6.07 Å². The molecular formula is C18H14N2O3. The largest absolute Gasteiger partial charge is 0.422 e. The van der Waals surface area contributed by atoms with Crippen molar-refractivity contribution < 1.29 is 9.53 Å². The minimum atomic E-state index is -0.772. The maximum atomic E-state index is 12.2. The molecule has 0 fully saturated rings. The second-order valence-electron chi connectivity index (χ2n) is 4.95. The molecule has 1 heterocycles. The van der Waals surface area contributed by atoms with Gasteiger partial charge in [0.05, 0.1) is 5.69 Å². The Hall–Kier alpha value is -3.21. The summed E-state index contributed by atoms with van der Waals surface area (Å²) >= 11 is 0. The van der Waals surface area contributed by atoms with Crippen molar-refractivity contribution >= 4 is 5.97 Å². The fourth-order valence-corrected chi connectivity index (χ4v) is 2.16. The van der Waals surface area contributed by atoms with E-state index in [0.29, 0.717) is 11.4 Å². The minimum Gasteiger partial charge on any atom is -0.422 e. The summed E-state index contributed by atoms with van der Waals surface area (Å²) in [7, 11) is 0. The zero-order chi connectivity index (χ0) is 16.2. The summed E-state index contributed by atoms with van der Waals surface area (Å²) in [5, 5.41) is 4.17. The molecule has 2 aromatic carbocycles. The zero-order valence-corrected chi connectivity index (χ0v) is 12.5. The summed E-state index contributed by atoms with van der Waals surface area (Å²) in [6.07, 6.45) is 0. The van der Waals surface area contributed by atoms with E-state index in [0.717, 1.165) is 5.69 Å². The number of ether oxygens (including phenoxy) is 1. The number of hydrogen-bond acceptors (Lipinski definition) is 4. The topological polar surface area (TPSA) is 61.2 Å². The highest BCUT2D eigenvalue weighted by atomic mass is 16.5. The average molecular weight is 306 g/mol. The molecule has 0 unspecified atom stereocenters. The first kappa shape index (κ1) is 14.7. The predicted molar refractivity (Wildman–Crippen MR) is 86.0 cm³/mol. The Kier molecular flexibility index (Phi) is 4.01. The van der Waals surface area contributed by atoms with E-state index < -0.39 is 11.4 Å².